The van der Waals surface area contributed by atoms with Crippen molar-refractivity contribution in [1.29, 1.82) is 0 Å². The third kappa shape index (κ3) is 2.97. The van der Waals surface area contributed by atoms with Gasteiger partial charge in [-0.3, -0.25) is 0 Å². The minimum absolute atomic E-state index is 0.194. The van der Waals surface area contributed by atoms with E-state index in [2.05, 4.69) is 61.6 Å². The molecule has 21 heavy (non-hydrogen) atoms. The summed E-state index contributed by atoms with van der Waals surface area (Å²) in [5.74, 6) is 0. The van der Waals surface area contributed by atoms with Gasteiger partial charge >= 0.3 is 0 Å². The summed E-state index contributed by atoms with van der Waals surface area (Å²) in [6.07, 6.45) is 1.14. The lowest BCUT2D eigenvalue weighted by atomic mass is 10.0. The summed E-state index contributed by atoms with van der Waals surface area (Å²) >= 11 is 1.74. The average molecular weight is 301 g/mol. The minimum Gasteiger partial charge on any atom is -0.374 e. The molecule has 3 rings (SSSR count). The minimum atomic E-state index is 0.194. The fourth-order valence-electron chi connectivity index (χ4n) is 2.91. The Morgan fingerprint density at radius 2 is 2.14 bits per heavy atom. The number of hydrogen-bond acceptors (Lipinski definition) is 4. The van der Waals surface area contributed by atoms with Crippen LogP contribution in [0.2, 0.25) is 0 Å². The van der Waals surface area contributed by atoms with Crippen LogP contribution in [-0.4, -0.2) is 24.6 Å². The standard InChI is InChI=1S/C17H23N3S/c1-11(2)18-16(17-19-12(3)10-21-17)14-5-6-15-13(9-14)7-8-20(15)4/h5-6,9-11,16,18H,7-8H2,1-4H3. The second-order valence-corrected chi connectivity index (χ2v) is 7.03. The zero-order chi connectivity index (χ0) is 15.0. The van der Waals surface area contributed by atoms with Crippen molar-refractivity contribution in [3.05, 3.63) is 45.4 Å². The van der Waals surface area contributed by atoms with E-state index >= 15 is 0 Å². The first-order chi connectivity index (χ1) is 10.0. The Kier molecular flexibility index (Phi) is 4.00. The topological polar surface area (TPSA) is 28.2 Å². The number of thiazole rings is 1. The zero-order valence-electron chi connectivity index (χ0n) is 13.2. The molecule has 2 aromatic rings. The van der Waals surface area contributed by atoms with E-state index in [0.29, 0.717) is 6.04 Å². The fraction of sp³-hybridized carbons (Fsp3) is 0.471. The highest BCUT2D eigenvalue weighted by Crippen LogP contribution is 2.32. The molecule has 1 aromatic heterocycles. The molecular formula is C17H23N3S. The molecule has 0 saturated carbocycles. The number of hydrogen-bond donors (Lipinski definition) is 1. The number of fused-ring (bicyclic) bond motifs is 1. The fourth-order valence-corrected chi connectivity index (χ4v) is 3.80. The van der Waals surface area contributed by atoms with Crippen LogP contribution in [0.25, 0.3) is 0 Å². The quantitative estimate of drug-likeness (QED) is 0.936. The van der Waals surface area contributed by atoms with Crippen LogP contribution in [0.3, 0.4) is 0 Å². The second kappa shape index (κ2) is 5.78. The van der Waals surface area contributed by atoms with E-state index in [4.69, 9.17) is 4.98 Å². The van der Waals surface area contributed by atoms with Crippen LogP contribution in [0.15, 0.2) is 23.6 Å². The molecule has 0 spiro atoms. The van der Waals surface area contributed by atoms with Gasteiger partial charge in [0.1, 0.15) is 5.01 Å². The van der Waals surface area contributed by atoms with Gasteiger partial charge in [0, 0.05) is 36.4 Å². The van der Waals surface area contributed by atoms with Gasteiger partial charge in [0.2, 0.25) is 0 Å². The summed E-state index contributed by atoms with van der Waals surface area (Å²) in [6, 6.07) is 7.48. The van der Waals surface area contributed by atoms with Crippen molar-refractivity contribution in [1.82, 2.24) is 10.3 Å². The third-order valence-electron chi connectivity index (χ3n) is 3.95. The lowest BCUT2D eigenvalue weighted by molar-refractivity contribution is 0.526. The average Bonchev–Trinajstić information content (AvgIpc) is 3.02. The second-order valence-electron chi connectivity index (χ2n) is 6.14. The predicted molar refractivity (Wildman–Crippen MR) is 90.4 cm³/mol. The molecule has 1 aliphatic rings. The smallest absolute Gasteiger partial charge is 0.114 e. The number of likely N-dealkylation sites (N-methyl/N-ethyl adjacent to an activating group) is 1. The van der Waals surface area contributed by atoms with Crippen LogP contribution in [0.1, 0.15) is 41.7 Å². The SMILES string of the molecule is Cc1csc(C(NC(C)C)c2ccc3c(c2)CCN3C)n1. The zero-order valence-corrected chi connectivity index (χ0v) is 14.0. The number of anilines is 1. The van der Waals surface area contributed by atoms with Gasteiger partial charge in [-0.1, -0.05) is 12.1 Å². The number of aryl methyl sites for hydroxylation is 1. The Morgan fingerprint density at radius 3 is 2.81 bits per heavy atom. The maximum absolute atomic E-state index is 4.69. The monoisotopic (exact) mass is 301 g/mol. The molecule has 1 aliphatic heterocycles. The molecule has 3 nitrogen and oxygen atoms in total. The number of benzene rings is 1. The van der Waals surface area contributed by atoms with E-state index in [1.165, 1.54) is 16.8 Å². The number of rotatable bonds is 4. The number of nitrogens with zero attached hydrogens (tertiary/aromatic N) is 2. The molecule has 0 fully saturated rings. The van der Waals surface area contributed by atoms with Crippen LogP contribution in [0.4, 0.5) is 5.69 Å². The molecule has 1 aromatic carbocycles. The number of nitrogens with one attached hydrogen (secondary N) is 1. The van der Waals surface area contributed by atoms with Crippen LogP contribution < -0.4 is 10.2 Å². The molecule has 0 amide bonds. The summed E-state index contributed by atoms with van der Waals surface area (Å²) < 4.78 is 0. The Bertz CT molecular complexity index is 633. The van der Waals surface area contributed by atoms with E-state index in [9.17, 15) is 0 Å². The Labute approximate surface area is 131 Å². The van der Waals surface area contributed by atoms with Crippen LogP contribution in [0, 0.1) is 6.92 Å². The van der Waals surface area contributed by atoms with Crippen LogP contribution in [-0.2, 0) is 6.42 Å². The molecule has 1 N–H and O–H groups in total. The summed E-state index contributed by atoms with van der Waals surface area (Å²) in [5.41, 5.74) is 5.26. The van der Waals surface area contributed by atoms with E-state index in [1.807, 2.05) is 0 Å². The molecule has 1 atom stereocenters. The summed E-state index contributed by atoms with van der Waals surface area (Å²) in [5, 5.41) is 6.95. The Morgan fingerprint density at radius 1 is 1.33 bits per heavy atom. The lowest BCUT2D eigenvalue weighted by Crippen LogP contribution is -2.29. The van der Waals surface area contributed by atoms with Gasteiger partial charge in [-0.2, -0.15) is 0 Å². The van der Waals surface area contributed by atoms with E-state index < -0.39 is 0 Å². The predicted octanol–water partition coefficient (Wildman–Crippen LogP) is 3.53. The van der Waals surface area contributed by atoms with Crippen molar-refractivity contribution in [2.75, 3.05) is 18.5 Å². The van der Waals surface area contributed by atoms with Crippen LogP contribution in [0.5, 0.6) is 0 Å². The molecule has 2 heterocycles. The van der Waals surface area contributed by atoms with Crippen molar-refractivity contribution in [2.45, 2.75) is 39.3 Å². The van der Waals surface area contributed by atoms with Crippen molar-refractivity contribution in [3.8, 4) is 0 Å². The van der Waals surface area contributed by atoms with Crippen molar-refractivity contribution in [3.63, 3.8) is 0 Å². The Hall–Kier alpha value is -1.39. The first-order valence-electron chi connectivity index (χ1n) is 7.56. The highest BCUT2D eigenvalue weighted by Gasteiger charge is 2.22. The van der Waals surface area contributed by atoms with Crippen molar-refractivity contribution >= 4 is 17.0 Å². The highest BCUT2D eigenvalue weighted by atomic mass is 32.1. The molecule has 1 unspecified atom stereocenters. The van der Waals surface area contributed by atoms with E-state index in [1.54, 1.807) is 11.3 Å². The van der Waals surface area contributed by atoms with Gasteiger partial charge in [0.15, 0.2) is 0 Å². The molecular weight excluding hydrogens is 278 g/mol. The van der Waals surface area contributed by atoms with Gasteiger partial charge in [-0.15, -0.1) is 11.3 Å². The lowest BCUT2D eigenvalue weighted by Gasteiger charge is -2.21. The highest BCUT2D eigenvalue weighted by molar-refractivity contribution is 7.09. The van der Waals surface area contributed by atoms with E-state index in [0.717, 1.165) is 23.7 Å². The van der Waals surface area contributed by atoms with Gasteiger partial charge in [0.05, 0.1) is 6.04 Å². The van der Waals surface area contributed by atoms with Gasteiger partial charge < -0.3 is 10.2 Å². The summed E-state index contributed by atoms with van der Waals surface area (Å²) in [4.78, 5) is 7.03. The van der Waals surface area contributed by atoms with E-state index in [-0.39, 0.29) is 6.04 Å². The maximum atomic E-state index is 4.69. The molecule has 112 valence electrons. The van der Waals surface area contributed by atoms with Gasteiger partial charge in [0.25, 0.3) is 0 Å². The Balaban J connectivity index is 1.97. The molecule has 0 saturated heterocycles. The summed E-state index contributed by atoms with van der Waals surface area (Å²) in [7, 11) is 2.17. The first kappa shape index (κ1) is 14.5. The van der Waals surface area contributed by atoms with Crippen molar-refractivity contribution < 1.29 is 0 Å². The third-order valence-corrected chi connectivity index (χ3v) is 4.98. The summed E-state index contributed by atoms with van der Waals surface area (Å²) in [6.45, 7) is 7.56. The van der Waals surface area contributed by atoms with Gasteiger partial charge in [-0.25, -0.2) is 4.98 Å². The van der Waals surface area contributed by atoms with Crippen molar-refractivity contribution in [2.24, 2.45) is 0 Å². The normalized spacial score (nSPS) is 15.6. The largest absolute Gasteiger partial charge is 0.374 e. The molecule has 4 heteroatoms. The van der Waals surface area contributed by atoms with Gasteiger partial charge in [-0.05, 0) is 44.4 Å². The maximum Gasteiger partial charge on any atom is 0.114 e. The molecule has 0 bridgehead atoms. The molecule has 0 radical (unpaired) electrons. The number of aromatic nitrogens is 1. The first-order valence-corrected chi connectivity index (χ1v) is 8.44. The molecule has 0 aliphatic carbocycles. The van der Waals surface area contributed by atoms with Crippen LogP contribution >= 0.6 is 11.3 Å².